The van der Waals surface area contributed by atoms with Gasteiger partial charge in [0.2, 0.25) is 0 Å². The van der Waals surface area contributed by atoms with E-state index in [0.29, 0.717) is 24.9 Å². The van der Waals surface area contributed by atoms with Crippen molar-refractivity contribution in [2.75, 3.05) is 51.4 Å². The highest BCUT2D eigenvalue weighted by atomic mass is 32.2. The zero-order chi connectivity index (χ0) is 18.9. The first-order valence-corrected chi connectivity index (χ1v) is 11.3. The number of hydrogen-bond donors (Lipinski definition) is 2. The predicted octanol–water partition coefficient (Wildman–Crippen LogP) is 0.722. The number of ether oxygens (including phenoxy) is 1. The lowest BCUT2D eigenvalue weighted by molar-refractivity contribution is 0.00867. The summed E-state index contributed by atoms with van der Waals surface area (Å²) in [6, 6.07) is 0.430. The lowest BCUT2D eigenvalue weighted by Crippen LogP contribution is -2.48. The lowest BCUT2D eigenvalue weighted by atomic mass is 10.0. The molecule has 0 radical (unpaired) electrons. The third-order valence-corrected chi connectivity index (χ3v) is 5.35. The molecule has 2 unspecified atom stereocenters. The molecule has 1 heterocycles. The Kier molecular flexibility index (Phi) is 9.74. The minimum absolute atomic E-state index is 0.0495. The van der Waals surface area contributed by atoms with Crippen molar-refractivity contribution >= 4 is 15.8 Å². The Bertz CT molecular complexity index is 502. The summed E-state index contributed by atoms with van der Waals surface area (Å²) in [5.41, 5.74) is 0. The molecule has 0 aromatic heterocycles. The summed E-state index contributed by atoms with van der Waals surface area (Å²) in [5.74, 6) is 1.44. The Morgan fingerprint density at radius 2 is 1.88 bits per heavy atom. The monoisotopic (exact) mass is 376 g/mol. The molecule has 1 saturated heterocycles. The maximum Gasteiger partial charge on any atom is 0.191 e. The molecule has 1 aliphatic rings. The number of guanidine groups is 1. The van der Waals surface area contributed by atoms with Crippen molar-refractivity contribution in [3.63, 3.8) is 0 Å². The van der Waals surface area contributed by atoms with E-state index in [4.69, 9.17) is 9.73 Å². The van der Waals surface area contributed by atoms with Gasteiger partial charge in [-0.15, -0.1) is 0 Å². The Balaban J connectivity index is 2.64. The summed E-state index contributed by atoms with van der Waals surface area (Å²) in [5, 5.41) is 6.57. The predicted molar refractivity (Wildman–Crippen MR) is 104 cm³/mol. The molecule has 0 spiro atoms. The van der Waals surface area contributed by atoms with E-state index >= 15 is 0 Å². The highest BCUT2D eigenvalue weighted by Crippen LogP contribution is 2.13. The molecule has 0 aliphatic carbocycles. The quantitative estimate of drug-likeness (QED) is 0.456. The smallest absolute Gasteiger partial charge is 0.191 e. The zero-order valence-electron chi connectivity index (χ0n) is 16.4. The largest absolute Gasteiger partial charge is 0.379 e. The van der Waals surface area contributed by atoms with Crippen molar-refractivity contribution in [2.45, 2.75) is 46.2 Å². The third kappa shape index (κ3) is 9.42. The van der Waals surface area contributed by atoms with Crippen molar-refractivity contribution in [3.8, 4) is 0 Å². The van der Waals surface area contributed by atoms with Gasteiger partial charge in [0.15, 0.2) is 5.96 Å². The van der Waals surface area contributed by atoms with E-state index in [1.165, 1.54) is 6.26 Å². The van der Waals surface area contributed by atoms with Crippen LogP contribution in [-0.4, -0.2) is 82.8 Å². The first kappa shape index (κ1) is 22.2. The van der Waals surface area contributed by atoms with Crippen LogP contribution in [0.2, 0.25) is 0 Å². The summed E-state index contributed by atoms with van der Waals surface area (Å²) >= 11 is 0. The Labute approximate surface area is 153 Å². The lowest BCUT2D eigenvalue weighted by Gasteiger charge is -2.36. The third-order valence-electron chi connectivity index (χ3n) is 4.37. The van der Waals surface area contributed by atoms with Gasteiger partial charge in [-0.3, -0.25) is 9.89 Å². The van der Waals surface area contributed by atoms with Crippen LogP contribution in [0.25, 0.3) is 0 Å². The molecule has 2 N–H and O–H groups in total. The SMILES string of the molecule is CCNC(=NCC(C(C)C)N1CCOCC1)NC(C)CCS(C)(=O)=O. The highest BCUT2D eigenvalue weighted by Gasteiger charge is 2.23. The minimum atomic E-state index is -2.94. The van der Waals surface area contributed by atoms with Crippen LogP contribution in [0, 0.1) is 5.92 Å². The summed E-state index contributed by atoms with van der Waals surface area (Å²) < 4.78 is 28.1. The maximum absolute atomic E-state index is 11.3. The van der Waals surface area contributed by atoms with E-state index < -0.39 is 9.84 Å². The Morgan fingerprint density at radius 3 is 2.40 bits per heavy atom. The van der Waals surface area contributed by atoms with Crippen molar-refractivity contribution in [3.05, 3.63) is 0 Å². The van der Waals surface area contributed by atoms with Gasteiger partial charge in [-0.25, -0.2) is 8.42 Å². The van der Waals surface area contributed by atoms with Crippen LogP contribution in [-0.2, 0) is 14.6 Å². The normalized spacial score (nSPS) is 19.7. The van der Waals surface area contributed by atoms with Gasteiger partial charge in [0.1, 0.15) is 9.84 Å². The summed E-state index contributed by atoms with van der Waals surface area (Å²) in [4.78, 5) is 7.21. The van der Waals surface area contributed by atoms with Gasteiger partial charge in [0.05, 0.1) is 25.5 Å². The van der Waals surface area contributed by atoms with Crippen LogP contribution in [0.3, 0.4) is 0 Å². The molecule has 0 amide bonds. The number of nitrogens with zero attached hydrogens (tertiary/aromatic N) is 2. The molecular weight excluding hydrogens is 340 g/mol. The minimum Gasteiger partial charge on any atom is -0.379 e. The van der Waals surface area contributed by atoms with Crippen molar-refractivity contribution in [2.24, 2.45) is 10.9 Å². The topological polar surface area (TPSA) is 83.0 Å². The second-order valence-corrected chi connectivity index (χ2v) is 9.40. The van der Waals surface area contributed by atoms with Gasteiger partial charge in [0, 0.05) is 38.0 Å². The molecule has 0 bridgehead atoms. The fourth-order valence-electron chi connectivity index (χ4n) is 2.86. The fourth-order valence-corrected chi connectivity index (χ4v) is 3.64. The van der Waals surface area contributed by atoms with Gasteiger partial charge in [-0.1, -0.05) is 13.8 Å². The Hall–Kier alpha value is -0.860. The second-order valence-electron chi connectivity index (χ2n) is 7.14. The van der Waals surface area contributed by atoms with E-state index in [2.05, 4.69) is 29.4 Å². The van der Waals surface area contributed by atoms with E-state index in [9.17, 15) is 8.42 Å². The maximum atomic E-state index is 11.3. The molecule has 1 aliphatic heterocycles. The van der Waals surface area contributed by atoms with E-state index in [1.807, 2.05) is 13.8 Å². The van der Waals surface area contributed by atoms with E-state index in [1.54, 1.807) is 0 Å². The van der Waals surface area contributed by atoms with Crippen molar-refractivity contribution < 1.29 is 13.2 Å². The molecule has 1 fully saturated rings. The fraction of sp³-hybridized carbons (Fsp3) is 0.941. The van der Waals surface area contributed by atoms with Gasteiger partial charge in [-0.2, -0.15) is 0 Å². The van der Waals surface area contributed by atoms with Gasteiger partial charge < -0.3 is 15.4 Å². The molecule has 0 aromatic rings. The van der Waals surface area contributed by atoms with Crippen LogP contribution in [0.4, 0.5) is 0 Å². The number of aliphatic imine (C=N–C) groups is 1. The molecule has 0 aromatic carbocycles. The molecule has 148 valence electrons. The summed E-state index contributed by atoms with van der Waals surface area (Å²) in [6.45, 7) is 13.4. The van der Waals surface area contributed by atoms with Gasteiger partial charge in [-0.05, 0) is 26.2 Å². The van der Waals surface area contributed by atoms with Crippen LogP contribution >= 0.6 is 0 Å². The highest BCUT2D eigenvalue weighted by molar-refractivity contribution is 7.90. The first-order chi connectivity index (χ1) is 11.7. The van der Waals surface area contributed by atoms with Crippen molar-refractivity contribution in [1.82, 2.24) is 15.5 Å². The summed E-state index contributed by atoms with van der Waals surface area (Å²) in [6.07, 6.45) is 1.84. The van der Waals surface area contributed by atoms with Crippen molar-refractivity contribution in [1.29, 1.82) is 0 Å². The Morgan fingerprint density at radius 1 is 1.24 bits per heavy atom. The number of nitrogens with one attached hydrogen (secondary N) is 2. The van der Waals surface area contributed by atoms with Crippen LogP contribution in [0.15, 0.2) is 4.99 Å². The zero-order valence-corrected chi connectivity index (χ0v) is 17.2. The van der Waals surface area contributed by atoms with Gasteiger partial charge >= 0.3 is 0 Å². The molecule has 2 atom stereocenters. The molecule has 25 heavy (non-hydrogen) atoms. The number of rotatable bonds is 9. The number of sulfone groups is 1. The molecule has 8 heteroatoms. The number of morpholine rings is 1. The van der Waals surface area contributed by atoms with Crippen LogP contribution in [0.5, 0.6) is 0 Å². The molecule has 0 saturated carbocycles. The van der Waals surface area contributed by atoms with Crippen LogP contribution in [0.1, 0.15) is 34.1 Å². The average Bonchev–Trinajstić information content (AvgIpc) is 2.53. The van der Waals surface area contributed by atoms with Gasteiger partial charge in [0.25, 0.3) is 0 Å². The summed E-state index contributed by atoms with van der Waals surface area (Å²) in [7, 11) is -2.94. The second kappa shape index (κ2) is 11.0. The first-order valence-electron chi connectivity index (χ1n) is 9.27. The number of hydrogen-bond acceptors (Lipinski definition) is 5. The average molecular weight is 377 g/mol. The van der Waals surface area contributed by atoms with E-state index in [0.717, 1.165) is 38.8 Å². The molecule has 1 rings (SSSR count). The molecule has 7 nitrogen and oxygen atoms in total. The van der Waals surface area contributed by atoms with Crippen LogP contribution < -0.4 is 10.6 Å². The molecular formula is C17H36N4O3S. The standard InChI is InChI=1S/C17H36N4O3S/c1-6-18-17(20-15(4)7-12-25(5,22)23)19-13-16(14(2)3)21-8-10-24-11-9-21/h14-16H,6-13H2,1-5H3,(H2,18,19,20). The van der Waals surface area contributed by atoms with E-state index in [-0.39, 0.29) is 11.8 Å².